The molecule has 36 heavy (non-hydrogen) atoms. The van der Waals surface area contributed by atoms with Gasteiger partial charge in [-0.3, -0.25) is 4.57 Å². The molecule has 3 heterocycles. The van der Waals surface area contributed by atoms with E-state index in [0.29, 0.717) is 5.70 Å². The van der Waals surface area contributed by atoms with Crippen molar-refractivity contribution in [2.75, 3.05) is 12.4 Å². The quantitative estimate of drug-likeness (QED) is 0.476. The maximum atomic E-state index is 13.9. The summed E-state index contributed by atoms with van der Waals surface area (Å²) in [6.07, 6.45) is 7.64. The van der Waals surface area contributed by atoms with Gasteiger partial charge in [-0.1, -0.05) is 11.6 Å². The van der Waals surface area contributed by atoms with E-state index in [1.165, 1.54) is 6.26 Å². The Morgan fingerprint density at radius 2 is 1.92 bits per heavy atom. The van der Waals surface area contributed by atoms with Crippen molar-refractivity contribution in [1.82, 2.24) is 29.5 Å². The fourth-order valence-electron chi connectivity index (χ4n) is 3.85. The van der Waals surface area contributed by atoms with Crippen LogP contribution in [0.3, 0.4) is 0 Å². The van der Waals surface area contributed by atoms with Crippen LogP contribution in [0.5, 0.6) is 0 Å². The summed E-state index contributed by atoms with van der Waals surface area (Å²) in [6, 6.07) is 1.34. The van der Waals surface area contributed by atoms with Crippen LogP contribution >= 0.6 is 11.6 Å². The molecule has 0 bridgehead atoms. The van der Waals surface area contributed by atoms with Crippen molar-refractivity contribution in [2.45, 2.75) is 19.1 Å². The minimum absolute atomic E-state index is 0.0753. The van der Waals surface area contributed by atoms with Crippen molar-refractivity contribution in [2.24, 2.45) is 0 Å². The molecule has 0 fully saturated rings. The summed E-state index contributed by atoms with van der Waals surface area (Å²) in [5, 5.41) is 4.90. The van der Waals surface area contributed by atoms with E-state index in [1.54, 1.807) is 17.2 Å². The monoisotopic (exact) mass is 519 g/mol. The zero-order chi connectivity index (χ0) is 25.6. The second-order valence-electron chi connectivity index (χ2n) is 8.07. The third-order valence-corrected chi connectivity index (χ3v) is 5.84. The molecule has 5 rings (SSSR count). The van der Waals surface area contributed by atoms with Gasteiger partial charge in [0.05, 0.1) is 35.6 Å². The van der Waals surface area contributed by atoms with Gasteiger partial charge in [-0.2, -0.15) is 4.98 Å². The summed E-state index contributed by atoms with van der Waals surface area (Å²) in [6.45, 7) is -0.699. The van der Waals surface area contributed by atoms with Crippen LogP contribution in [0, 0.1) is 17.5 Å². The van der Waals surface area contributed by atoms with E-state index in [2.05, 4.69) is 20.7 Å². The molecule has 3 aromatic rings. The molecule has 1 unspecified atom stereocenters. The van der Waals surface area contributed by atoms with Crippen LogP contribution in [0.2, 0.25) is 0 Å². The van der Waals surface area contributed by atoms with Crippen molar-refractivity contribution in [3.63, 3.8) is 0 Å². The molecule has 1 aliphatic carbocycles. The van der Waals surface area contributed by atoms with Gasteiger partial charge in [-0.05, 0) is 35.4 Å². The summed E-state index contributed by atoms with van der Waals surface area (Å²) in [7, 11) is 1.81. The molecule has 186 valence electrons. The van der Waals surface area contributed by atoms with Crippen molar-refractivity contribution in [1.29, 1.82) is 0 Å². The predicted octanol–water partition coefficient (Wildman–Crippen LogP) is 2.04. The number of hydrogen-bond donors (Lipinski definition) is 2. The highest BCUT2D eigenvalue weighted by molar-refractivity contribution is 6.32. The van der Waals surface area contributed by atoms with Crippen LogP contribution < -0.4 is 22.1 Å². The maximum absolute atomic E-state index is 13.9. The van der Waals surface area contributed by atoms with Crippen LogP contribution in [-0.2, 0) is 13.1 Å². The largest absolute Gasteiger partial charge is 0.451 e. The Labute approximate surface area is 205 Å². The minimum Gasteiger partial charge on any atom is -0.451 e. The van der Waals surface area contributed by atoms with Gasteiger partial charge in [0.25, 0.3) is 0 Å². The van der Waals surface area contributed by atoms with Crippen LogP contribution in [-0.4, -0.2) is 37.2 Å². The second-order valence-corrected chi connectivity index (χ2v) is 8.48. The first-order valence-electron chi connectivity index (χ1n) is 10.5. The lowest BCUT2D eigenvalue weighted by Gasteiger charge is -2.21. The summed E-state index contributed by atoms with van der Waals surface area (Å²) in [5.41, 5.74) is 2.76. The molecule has 0 amide bonds. The summed E-state index contributed by atoms with van der Waals surface area (Å²) in [4.78, 5) is 34.0. The number of benzene rings is 1. The van der Waals surface area contributed by atoms with Crippen molar-refractivity contribution >= 4 is 17.5 Å². The van der Waals surface area contributed by atoms with Gasteiger partial charge in [0.1, 0.15) is 6.26 Å². The van der Waals surface area contributed by atoms with E-state index in [-0.39, 0.29) is 34.8 Å². The Balaban J connectivity index is 1.59. The standard InChI is InChI=1S/C22H17ClF3N7O3/c1-31-7-12-4-18(14(23)5-17(12)30-31)28-20-29-21(34)33(8-13-9-36-10-27-13)22(35)32(20)6-11-2-15(24)19(26)16(25)3-11/h2-5,7,9-10,17,30H,6,8H2,1H3,(H,28,29,34). The van der Waals surface area contributed by atoms with E-state index >= 15 is 0 Å². The highest BCUT2D eigenvalue weighted by atomic mass is 35.5. The molecular weight excluding hydrogens is 503 g/mol. The number of nitrogens with one attached hydrogen (secondary N) is 2. The van der Waals surface area contributed by atoms with Crippen molar-refractivity contribution in [3.8, 4) is 0 Å². The Morgan fingerprint density at radius 3 is 2.61 bits per heavy atom. The topological polar surface area (TPSA) is 110 Å². The Bertz CT molecular complexity index is 1540. The van der Waals surface area contributed by atoms with Crippen LogP contribution in [0.4, 0.5) is 19.1 Å². The fourth-order valence-corrected chi connectivity index (χ4v) is 4.07. The number of aromatic nitrogens is 4. The Kier molecular flexibility index (Phi) is 6.02. The lowest BCUT2D eigenvalue weighted by atomic mass is 10.0. The van der Waals surface area contributed by atoms with Gasteiger partial charge in [0.2, 0.25) is 5.95 Å². The van der Waals surface area contributed by atoms with Gasteiger partial charge in [-0.15, -0.1) is 0 Å². The number of fused-ring (bicyclic) bond motifs is 1. The molecule has 0 radical (unpaired) electrons. The first-order chi connectivity index (χ1) is 17.2. The smallest absolute Gasteiger partial charge is 0.355 e. The molecule has 1 atom stereocenters. The van der Waals surface area contributed by atoms with E-state index in [0.717, 1.165) is 33.2 Å². The Hall–Kier alpha value is -4.10. The zero-order valence-corrected chi connectivity index (χ0v) is 19.3. The number of halogens is 4. The highest BCUT2D eigenvalue weighted by Gasteiger charge is 2.26. The number of anilines is 1. The van der Waals surface area contributed by atoms with Gasteiger partial charge < -0.3 is 14.7 Å². The molecule has 0 saturated heterocycles. The molecule has 0 saturated carbocycles. The molecular formula is C22H17ClF3N7O3. The maximum Gasteiger partial charge on any atom is 0.355 e. The number of hydrogen-bond acceptors (Lipinski definition) is 8. The Morgan fingerprint density at radius 1 is 1.17 bits per heavy atom. The lowest BCUT2D eigenvalue weighted by molar-refractivity contribution is 0.349. The number of rotatable bonds is 6. The number of oxazole rings is 1. The number of nitrogens with zero attached hydrogens (tertiary/aromatic N) is 5. The summed E-state index contributed by atoms with van der Waals surface area (Å²) < 4.78 is 47.8. The van der Waals surface area contributed by atoms with E-state index in [4.69, 9.17) is 16.0 Å². The van der Waals surface area contributed by atoms with E-state index in [1.807, 2.05) is 13.2 Å². The van der Waals surface area contributed by atoms with Gasteiger partial charge in [0.15, 0.2) is 23.8 Å². The first-order valence-corrected chi connectivity index (χ1v) is 10.9. The van der Waals surface area contributed by atoms with Gasteiger partial charge >= 0.3 is 11.4 Å². The molecule has 1 aliphatic heterocycles. The van der Waals surface area contributed by atoms with Crippen LogP contribution in [0.1, 0.15) is 11.3 Å². The second kappa shape index (κ2) is 9.17. The van der Waals surface area contributed by atoms with Gasteiger partial charge in [-0.25, -0.2) is 37.7 Å². The number of hydrazine groups is 1. The molecule has 10 nitrogen and oxygen atoms in total. The molecule has 2 aliphatic rings. The van der Waals surface area contributed by atoms with E-state index in [9.17, 15) is 22.8 Å². The normalized spacial score (nSPS) is 17.0. The molecule has 0 spiro atoms. The number of allylic oxidation sites excluding steroid dienone is 1. The average molecular weight is 520 g/mol. The average Bonchev–Trinajstić information content (AvgIpc) is 3.46. The molecule has 1 aromatic carbocycles. The van der Waals surface area contributed by atoms with E-state index < -0.39 is 35.4 Å². The van der Waals surface area contributed by atoms with Crippen LogP contribution in [0.25, 0.3) is 0 Å². The first kappa shape index (κ1) is 23.6. The van der Waals surface area contributed by atoms with Crippen molar-refractivity contribution in [3.05, 3.63) is 109 Å². The third kappa shape index (κ3) is 4.45. The molecule has 2 aromatic heterocycles. The van der Waals surface area contributed by atoms with Gasteiger partial charge in [0, 0.05) is 13.2 Å². The highest BCUT2D eigenvalue weighted by Crippen LogP contribution is 2.29. The summed E-state index contributed by atoms with van der Waals surface area (Å²) >= 11 is 6.41. The van der Waals surface area contributed by atoms with Crippen molar-refractivity contribution < 1.29 is 17.6 Å². The SMILES string of the molecule is CN1C=C2C=C(Nc3nc(=O)n(Cc4cocn4)c(=O)n3Cc3cc(F)c(F)c(F)c3)C(Cl)=CC2N1. The minimum atomic E-state index is -1.64. The molecule has 2 N–H and O–H groups in total. The molecule has 14 heteroatoms. The third-order valence-electron chi connectivity index (χ3n) is 5.51. The summed E-state index contributed by atoms with van der Waals surface area (Å²) in [5.74, 6) is -4.72. The predicted molar refractivity (Wildman–Crippen MR) is 122 cm³/mol. The lowest BCUT2D eigenvalue weighted by Crippen LogP contribution is -2.43. The van der Waals surface area contributed by atoms with Crippen LogP contribution in [0.15, 0.2) is 73.5 Å². The zero-order valence-electron chi connectivity index (χ0n) is 18.5. The fraction of sp³-hybridized carbons (Fsp3) is 0.182.